The van der Waals surface area contributed by atoms with Gasteiger partial charge >= 0.3 is 6.18 Å². The number of aromatic amines is 1. The van der Waals surface area contributed by atoms with E-state index in [0.717, 1.165) is 30.0 Å². The van der Waals surface area contributed by atoms with Crippen molar-refractivity contribution in [1.29, 1.82) is 0 Å². The first kappa shape index (κ1) is 18.3. The zero-order valence-electron chi connectivity index (χ0n) is 12.8. The lowest BCUT2D eigenvalue weighted by atomic mass is 10.2. The molecule has 1 aromatic carbocycles. The number of carbonyl (C=O) groups excluding carboxylic acids is 1. The molecule has 1 amide bonds. The fraction of sp³-hybridized carbons (Fsp3) is 0.143. The lowest BCUT2D eigenvalue weighted by molar-refractivity contribution is -0.137. The van der Waals surface area contributed by atoms with Gasteiger partial charge in [0.05, 0.1) is 22.0 Å². The number of nitrogens with zero attached hydrogens (tertiary/aromatic N) is 3. The second-order valence-electron chi connectivity index (χ2n) is 5.03. The normalized spacial score (nSPS) is 11.7. The van der Waals surface area contributed by atoms with Gasteiger partial charge in [-0.25, -0.2) is 15.0 Å². The van der Waals surface area contributed by atoms with Crippen LogP contribution in [-0.4, -0.2) is 31.6 Å². The quantitative estimate of drug-likeness (QED) is 0.577. The molecule has 7 nitrogen and oxygen atoms in total. The van der Waals surface area contributed by atoms with Crippen molar-refractivity contribution >= 4 is 51.9 Å². The van der Waals surface area contributed by atoms with Crippen molar-refractivity contribution in [3.63, 3.8) is 0 Å². The number of benzene rings is 1. The zero-order chi connectivity index (χ0) is 18.9. The molecule has 0 unspecified atom stereocenters. The molecule has 12 heteroatoms. The van der Waals surface area contributed by atoms with E-state index in [1.807, 2.05) is 0 Å². The number of imidazole rings is 1. The summed E-state index contributed by atoms with van der Waals surface area (Å²) < 4.78 is 38.2. The van der Waals surface area contributed by atoms with Crippen molar-refractivity contribution in [2.24, 2.45) is 0 Å². The molecule has 0 fully saturated rings. The number of hydrogen-bond acceptors (Lipinski definition) is 6. The average Bonchev–Trinajstić information content (AvgIpc) is 2.98. The Balaban J connectivity index is 1.68. The van der Waals surface area contributed by atoms with Crippen LogP contribution in [0.1, 0.15) is 5.56 Å². The van der Waals surface area contributed by atoms with Crippen LogP contribution < -0.4 is 11.1 Å². The largest absolute Gasteiger partial charge is 0.416 e. The van der Waals surface area contributed by atoms with Gasteiger partial charge in [0.25, 0.3) is 0 Å². The molecule has 0 bridgehead atoms. The summed E-state index contributed by atoms with van der Waals surface area (Å²) in [6, 6.07) is 2.70. The van der Waals surface area contributed by atoms with E-state index >= 15 is 0 Å². The van der Waals surface area contributed by atoms with Gasteiger partial charge in [0, 0.05) is 0 Å². The first-order valence-corrected chi connectivity index (χ1v) is 8.36. The van der Waals surface area contributed by atoms with Crippen LogP contribution in [0.5, 0.6) is 0 Å². The van der Waals surface area contributed by atoms with Crippen LogP contribution in [0, 0.1) is 0 Å². The molecule has 0 aliphatic heterocycles. The average molecular weight is 403 g/mol. The molecule has 4 N–H and O–H groups in total. The Kier molecular flexibility index (Phi) is 4.92. The molecule has 136 valence electrons. The number of nitrogens with two attached hydrogens (primary N) is 1. The molecule has 3 rings (SSSR count). The number of alkyl halides is 3. The van der Waals surface area contributed by atoms with Crippen LogP contribution >= 0.6 is 23.4 Å². The predicted molar refractivity (Wildman–Crippen MR) is 91.9 cm³/mol. The molecule has 2 aromatic heterocycles. The Labute approximate surface area is 153 Å². The van der Waals surface area contributed by atoms with Crippen molar-refractivity contribution < 1.29 is 18.0 Å². The summed E-state index contributed by atoms with van der Waals surface area (Å²) in [7, 11) is 0. The lowest BCUT2D eigenvalue weighted by Crippen LogP contribution is -2.15. The SMILES string of the molecule is Nc1ncnc2nc(SCC(=O)Nc3cc(C(F)(F)F)ccc3Cl)[nH]c12. The standard InChI is InChI=1S/C14H10ClF3N6OS/c15-7-2-1-6(14(16,17)18)3-8(7)22-9(25)4-26-13-23-10-11(19)20-5-21-12(10)24-13/h1-3,5H,4H2,(H,22,25)(H3,19,20,21,23,24). The predicted octanol–water partition coefficient (Wildman–Crippen LogP) is 3.34. The molecule has 0 saturated heterocycles. The van der Waals surface area contributed by atoms with E-state index in [-0.39, 0.29) is 22.3 Å². The molecular weight excluding hydrogens is 393 g/mol. The highest BCUT2D eigenvalue weighted by atomic mass is 35.5. The fourth-order valence-electron chi connectivity index (χ4n) is 2.01. The van der Waals surface area contributed by atoms with Crippen molar-refractivity contribution in [2.75, 3.05) is 16.8 Å². The maximum Gasteiger partial charge on any atom is 0.416 e. The molecule has 2 heterocycles. The van der Waals surface area contributed by atoms with Gasteiger partial charge in [0.1, 0.15) is 11.8 Å². The monoisotopic (exact) mass is 402 g/mol. The number of H-pyrrole nitrogens is 1. The smallest absolute Gasteiger partial charge is 0.382 e. The molecule has 0 spiro atoms. The minimum absolute atomic E-state index is 0.00290. The minimum Gasteiger partial charge on any atom is -0.382 e. The van der Waals surface area contributed by atoms with Crippen LogP contribution in [0.3, 0.4) is 0 Å². The van der Waals surface area contributed by atoms with Crippen molar-refractivity contribution in [3.8, 4) is 0 Å². The summed E-state index contributed by atoms with van der Waals surface area (Å²) >= 11 is 6.87. The van der Waals surface area contributed by atoms with E-state index in [2.05, 4.69) is 25.3 Å². The van der Waals surface area contributed by atoms with Crippen LogP contribution in [0.15, 0.2) is 29.7 Å². The van der Waals surface area contributed by atoms with E-state index in [1.54, 1.807) is 0 Å². The number of nitrogen functional groups attached to an aromatic ring is 1. The number of fused-ring (bicyclic) bond motifs is 1. The third kappa shape index (κ3) is 3.99. The number of rotatable bonds is 4. The second-order valence-corrected chi connectivity index (χ2v) is 6.40. The Morgan fingerprint density at radius 2 is 2.12 bits per heavy atom. The maximum atomic E-state index is 12.7. The third-order valence-electron chi connectivity index (χ3n) is 3.20. The van der Waals surface area contributed by atoms with Gasteiger partial charge in [0.2, 0.25) is 5.91 Å². The Hall–Kier alpha value is -2.53. The topological polar surface area (TPSA) is 110 Å². The Morgan fingerprint density at radius 3 is 2.81 bits per heavy atom. The van der Waals surface area contributed by atoms with Crippen LogP contribution in [-0.2, 0) is 11.0 Å². The molecule has 3 aromatic rings. The number of amides is 1. The highest BCUT2D eigenvalue weighted by Crippen LogP contribution is 2.34. The lowest BCUT2D eigenvalue weighted by Gasteiger charge is -2.11. The Bertz CT molecular complexity index is 977. The number of nitrogens with one attached hydrogen (secondary N) is 2. The number of thioether (sulfide) groups is 1. The van der Waals surface area contributed by atoms with Gasteiger partial charge < -0.3 is 16.0 Å². The van der Waals surface area contributed by atoms with E-state index in [9.17, 15) is 18.0 Å². The summed E-state index contributed by atoms with van der Waals surface area (Å²) in [5, 5.41) is 2.73. The summed E-state index contributed by atoms with van der Waals surface area (Å²) in [5.74, 6) is -0.440. The molecular formula is C14H10ClF3N6OS. The van der Waals surface area contributed by atoms with Crippen LogP contribution in [0.2, 0.25) is 5.02 Å². The first-order valence-electron chi connectivity index (χ1n) is 6.99. The molecule has 0 aliphatic carbocycles. The van der Waals surface area contributed by atoms with Gasteiger partial charge in [-0.3, -0.25) is 4.79 Å². The van der Waals surface area contributed by atoms with Gasteiger partial charge in [-0.2, -0.15) is 13.2 Å². The Morgan fingerprint density at radius 1 is 1.35 bits per heavy atom. The highest BCUT2D eigenvalue weighted by molar-refractivity contribution is 7.99. The first-order chi connectivity index (χ1) is 12.2. The molecule has 0 atom stereocenters. The molecule has 0 saturated carbocycles. The molecule has 0 radical (unpaired) electrons. The van der Waals surface area contributed by atoms with Crippen LogP contribution in [0.4, 0.5) is 24.7 Å². The van der Waals surface area contributed by atoms with Gasteiger partial charge in [-0.05, 0) is 18.2 Å². The summed E-state index contributed by atoms with van der Waals surface area (Å²) in [4.78, 5) is 26.8. The molecule has 0 aliphatic rings. The zero-order valence-corrected chi connectivity index (χ0v) is 14.3. The summed E-state index contributed by atoms with van der Waals surface area (Å²) in [6.07, 6.45) is -3.27. The van der Waals surface area contributed by atoms with Crippen molar-refractivity contribution in [2.45, 2.75) is 11.3 Å². The molecule has 26 heavy (non-hydrogen) atoms. The fourth-order valence-corrected chi connectivity index (χ4v) is 2.84. The third-order valence-corrected chi connectivity index (χ3v) is 4.41. The minimum atomic E-state index is -4.53. The second kappa shape index (κ2) is 7.00. The van der Waals surface area contributed by atoms with Crippen LogP contribution in [0.25, 0.3) is 11.2 Å². The van der Waals surface area contributed by atoms with E-state index in [1.165, 1.54) is 6.33 Å². The highest BCUT2D eigenvalue weighted by Gasteiger charge is 2.31. The van der Waals surface area contributed by atoms with E-state index < -0.39 is 17.6 Å². The van der Waals surface area contributed by atoms with Gasteiger partial charge in [-0.1, -0.05) is 23.4 Å². The number of anilines is 2. The van der Waals surface area contributed by atoms with Crippen molar-refractivity contribution in [3.05, 3.63) is 35.1 Å². The van der Waals surface area contributed by atoms with E-state index in [4.69, 9.17) is 17.3 Å². The number of aromatic nitrogens is 4. The number of hydrogen-bond donors (Lipinski definition) is 3. The summed E-state index contributed by atoms with van der Waals surface area (Å²) in [6.45, 7) is 0. The summed E-state index contributed by atoms with van der Waals surface area (Å²) in [5.41, 5.74) is 5.44. The van der Waals surface area contributed by atoms with Crippen molar-refractivity contribution in [1.82, 2.24) is 19.9 Å². The van der Waals surface area contributed by atoms with Gasteiger partial charge in [0.15, 0.2) is 16.6 Å². The number of carbonyl (C=O) groups is 1. The maximum absolute atomic E-state index is 12.7. The van der Waals surface area contributed by atoms with Gasteiger partial charge in [-0.15, -0.1) is 0 Å². The number of halogens is 4. The van der Waals surface area contributed by atoms with E-state index in [0.29, 0.717) is 16.3 Å².